The predicted octanol–water partition coefficient (Wildman–Crippen LogP) is 2.47. The van der Waals surface area contributed by atoms with Crippen LogP contribution in [0.15, 0.2) is 17.9 Å². The van der Waals surface area contributed by atoms with Gasteiger partial charge < -0.3 is 9.88 Å². The molecule has 1 fully saturated rings. The van der Waals surface area contributed by atoms with E-state index < -0.39 is 0 Å². The Morgan fingerprint density at radius 1 is 1.50 bits per heavy atom. The fourth-order valence-electron chi connectivity index (χ4n) is 2.70. The average Bonchev–Trinajstić information content (AvgIpc) is 3.11. The third kappa shape index (κ3) is 2.60. The Hall–Kier alpha value is -1.69. The molecule has 1 saturated heterocycles. The number of piperidine rings is 1. The van der Waals surface area contributed by atoms with E-state index in [-0.39, 0.29) is 11.9 Å². The highest BCUT2D eigenvalue weighted by Gasteiger charge is 2.29. The van der Waals surface area contributed by atoms with Crippen LogP contribution < -0.4 is 0 Å². The number of aromatic amines is 1. The minimum Gasteiger partial charge on any atom is -0.348 e. The van der Waals surface area contributed by atoms with Gasteiger partial charge in [-0.25, -0.2) is 9.97 Å². The minimum absolute atomic E-state index is 0.149. The SMILES string of the molecule is Cc1[nH]cnc1CC(=O)N1CCCCC1c1nccs1. The van der Waals surface area contributed by atoms with Crippen LogP contribution in [0, 0.1) is 6.92 Å². The first-order valence-electron chi connectivity index (χ1n) is 6.93. The first-order chi connectivity index (χ1) is 9.75. The minimum atomic E-state index is 0.149. The number of H-pyrrole nitrogens is 1. The van der Waals surface area contributed by atoms with Gasteiger partial charge in [-0.1, -0.05) is 0 Å². The maximum absolute atomic E-state index is 12.6. The number of likely N-dealkylation sites (tertiary alicyclic amines) is 1. The maximum atomic E-state index is 12.6. The molecule has 0 saturated carbocycles. The van der Waals surface area contributed by atoms with E-state index in [0.717, 1.165) is 42.2 Å². The van der Waals surface area contributed by atoms with Gasteiger partial charge in [-0.3, -0.25) is 4.79 Å². The van der Waals surface area contributed by atoms with Crippen LogP contribution in [0.3, 0.4) is 0 Å². The molecule has 20 heavy (non-hydrogen) atoms. The van der Waals surface area contributed by atoms with E-state index >= 15 is 0 Å². The number of aryl methyl sites for hydroxylation is 1. The molecular formula is C14H18N4OS. The Morgan fingerprint density at radius 2 is 2.40 bits per heavy atom. The Kier molecular flexibility index (Phi) is 3.82. The zero-order valence-corrected chi connectivity index (χ0v) is 12.3. The Morgan fingerprint density at radius 3 is 3.10 bits per heavy atom. The van der Waals surface area contributed by atoms with Crippen molar-refractivity contribution in [3.05, 3.63) is 34.3 Å². The monoisotopic (exact) mass is 290 g/mol. The van der Waals surface area contributed by atoms with Crippen LogP contribution in [0.25, 0.3) is 0 Å². The highest BCUT2D eigenvalue weighted by Crippen LogP contribution is 2.32. The van der Waals surface area contributed by atoms with Gasteiger partial charge in [0, 0.05) is 23.8 Å². The van der Waals surface area contributed by atoms with Crippen LogP contribution in [0.1, 0.15) is 41.7 Å². The molecule has 0 bridgehead atoms. The number of hydrogen-bond acceptors (Lipinski definition) is 4. The lowest BCUT2D eigenvalue weighted by molar-refractivity contribution is -0.134. The second-order valence-corrected chi connectivity index (χ2v) is 6.05. The Labute approximate surface area is 122 Å². The molecule has 2 aromatic rings. The number of carbonyl (C=O) groups is 1. The van der Waals surface area contributed by atoms with Gasteiger partial charge >= 0.3 is 0 Å². The number of rotatable bonds is 3. The van der Waals surface area contributed by atoms with Gasteiger partial charge in [-0.2, -0.15) is 0 Å². The van der Waals surface area contributed by atoms with E-state index in [2.05, 4.69) is 15.0 Å². The molecular weight excluding hydrogens is 272 g/mol. The van der Waals surface area contributed by atoms with E-state index in [1.807, 2.05) is 23.4 Å². The molecule has 1 N–H and O–H groups in total. The quantitative estimate of drug-likeness (QED) is 0.944. The van der Waals surface area contributed by atoms with E-state index in [4.69, 9.17) is 0 Å². The van der Waals surface area contributed by atoms with Gasteiger partial charge in [0.25, 0.3) is 0 Å². The molecule has 1 atom stereocenters. The summed E-state index contributed by atoms with van der Waals surface area (Å²) in [6, 6.07) is 0.149. The molecule has 1 aliphatic heterocycles. The van der Waals surface area contributed by atoms with Gasteiger partial charge in [-0.15, -0.1) is 11.3 Å². The van der Waals surface area contributed by atoms with E-state index in [9.17, 15) is 4.79 Å². The number of nitrogens with zero attached hydrogens (tertiary/aromatic N) is 3. The molecule has 2 aromatic heterocycles. The molecule has 6 heteroatoms. The van der Waals surface area contributed by atoms with Gasteiger partial charge in [0.15, 0.2) is 0 Å². The van der Waals surface area contributed by atoms with E-state index in [1.54, 1.807) is 17.7 Å². The highest BCUT2D eigenvalue weighted by atomic mass is 32.1. The van der Waals surface area contributed by atoms with Crippen LogP contribution in [0.5, 0.6) is 0 Å². The van der Waals surface area contributed by atoms with Crippen molar-refractivity contribution in [3.63, 3.8) is 0 Å². The maximum Gasteiger partial charge on any atom is 0.229 e. The fraction of sp³-hybridized carbons (Fsp3) is 0.500. The highest BCUT2D eigenvalue weighted by molar-refractivity contribution is 7.09. The number of nitrogens with one attached hydrogen (secondary N) is 1. The topological polar surface area (TPSA) is 61.9 Å². The smallest absolute Gasteiger partial charge is 0.229 e. The van der Waals surface area contributed by atoms with Crippen molar-refractivity contribution in [2.24, 2.45) is 0 Å². The molecule has 5 nitrogen and oxygen atoms in total. The van der Waals surface area contributed by atoms with Crippen molar-refractivity contribution in [2.75, 3.05) is 6.54 Å². The van der Waals surface area contributed by atoms with E-state index in [1.165, 1.54) is 0 Å². The van der Waals surface area contributed by atoms with E-state index in [0.29, 0.717) is 6.42 Å². The summed E-state index contributed by atoms with van der Waals surface area (Å²) in [7, 11) is 0. The molecule has 0 spiro atoms. The molecule has 3 heterocycles. The summed E-state index contributed by atoms with van der Waals surface area (Å²) in [6.45, 7) is 2.77. The second kappa shape index (κ2) is 5.75. The number of aromatic nitrogens is 3. The molecule has 0 aliphatic carbocycles. The number of amides is 1. The van der Waals surface area contributed by atoms with Crippen molar-refractivity contribution in [1.82, 2.24) is 19.9 Å². The summed E-state index contributed by atoms with van der Waals surface area (Å²) in [6.07, 6.45) is 7.08. The first-order valence-corrected chi connectivity index (χ1v) is 7.81. The molecule has 0 aromatic carbocycles. The van der Waals surface area contributed by atoms with Gasteiger partial charge in [0.1, 0.15) is 5.01 Å². The van der Waals surface area contributed by atoms with Gasteiger partial charge in [-0.05, 0) is 26.2 Å². The number of imidazole rings is 1. The largest absolute Gasteiger partial charge is 0.348 e. The fourth-order valence-corrected chi connectivity index (χ4v) is 3.48. The van der Waals surface area contributed by atoms with Crippen molar-refractivity contribution >= 4 is 17.2 Å². The molecule has 1 unspecified atom stereocenters. The Bertz CT molecular complexity index is 578. The average molecular weight is 290 g/mol. The first kappa shape index (κ1) is 13.3. The zero-order chi connectivity index (χ0) is 13.9. The summed E-state index contributed by atoms with van der Waals surface area (Å²) in [5, 5.41) is 3.03. The van der Waals surface area contributed by atoms with Crippen molar-refractivity contribution in [3.8, 4) is 0 Å². The van der Waals surface area contributed by atoms with Crippen molar-refractivity contribution < 1.29 is 4.79 Å². The summed E-state index contributed by atoms with van der Waals surface area (Å²) >= 11 is 1.63. The summed E-state index contributed by atoms with van der Waals surface area (Å²) in [5.74, 6) is 0.153. The Balaban J connectivity index is 1.76. The summed E-state index contributed by atoms with van der Waals surface area (Å²) < 4.78 is 0. The lowest BCUT2D eigenvalue weighted by atomic mass is 10.0. The zero-order valence-electron chi connectivity index (χ0n) is 11.5. The predicted molar refractivity (Wildman–Crippen MR) is 77.4 cm³/mol. The lowest BCUT2D eigenvalue weighted by Crippen LogP contribution is -2.39. The molecule has 106 valence electrons. The van der Waals surface area contributed by atoms with Crippen molar-refractivity contribution in [1.29, 1.82) is 0 Å². The molecule has 0 radical (unpaired) electrons. The number of thiazole rings is 1. The number of hydrogen-bond donors (Lipinski definition) is 1. The molecule has 1 amide bonds. The van der Waals surface area contributed by atoms with Crippen molar-refractivity contribution in [2.45, 2.75) is 38.6 Å². The molecule has 1 aliphatic rings. The third-order valence-corrected chi connectivity index (χ3v) is 4.69. The third-order valence-electron chi connectivity index (χ3n) is 3.81. The standard InChI is InChI=1S/C14H18N4OS/c1-10-11(17-9-16-10)8-13(19)18-6-3-2-4-12(18)14-15-5-7-20-14/h5,7,9,12H,2-4,6,8H2,1H3,(H,16,17). The summed E-state index contributed by atoms with van der Waals surface area (Å²) in [4.78, 5) is 26.2. The molecule has 3 rings (SSSR count). The van der Waals surface area contributed by atoms with Crippen LogP contribution in [-0.4, -0.2) is 32.3 Å². The summed E-state index contributed by atoms with van der Waals surface area (Å²) in [5.41, 5.74) is 1.82. The lowest BCUT2D eigenvalue weighted by Gasteiger charge is -2.34. The van der Waals surface area contributed by atoms with Crippen LogP contribution >= 0.6 is 11.3 Å². The second-order valence-electron chi connectivity index (χ2n) is 5.12. The normalized spacial score (nSPS) is 19.2. The van der Waals surface area contributed by atoms with Crippen LogP contribution in [0.4, 0.5) is 0 Å². The number of carbonyl (C=O) groups excluding carboxylic acids is 1. The van der Waals surface area contributed by atoms with Crippen LogP contribution in [0.2, 0.25) is 0 Å². The van der Waals surface area contributed by atoms with Gasteiger partial charge in [0.2, 0.25) is 5.91 Å². The van der Waals surface area contributed by atoms with Crippen LogP contribution in [-0.2, 0) is 11.2 Å². The van der Waals surface area contributed by atoms with Gasteiger partial charge in [0.05, 0.1) is 24.5 Å².